The normalized spacial score (nSPS) is 15.4. The lowest BCUT2D eigenvalue weighted by molar-refractivity contribution is 0.126. The molecular formula is C29H36N4O5S. The topological polar surface area (TPSA) is 110 Å². The van der Waals surface area contributed by atoms with Gasteiger partial charge in [-0.1, -0.05) is 42.8 Å². The van der Waals surface area contributed by atoms with Crippen LogP contribution in [0.15, 0.2) is 66.9 Å². The highest BCUT2D eigenvalue weighted by molar-refractivity contribution is 7.92. The quantitative estimate of drug-likeness (QED) is 0.362. The number of likely N-dealkylation sites (tertiary alicyclic amines) is 1. The first kappa shape index (κ1) is 28.4. The molecule has 1 amide bonds. The second-order valence-corrected chi connectivity index (χ2v) is 11.9. The van der Waals surface area contributed by atoms with Crippen LogP contribution in [0.5, 0.6) is 11.6 Å². The first-order valence-electron chi connectivity index (χ1n) is 13.1. The molecule has 0 radical (unpaired) electrons. The summed E-state index contributed by atoms with van der Waals surface area (Å²) < 4.78 is 36.3. The highest BCUT2D eigenvalue weighted by Crippen LogP contribution is 2.23. The van der Waals surface area contributed by atoms with Gasteiger partial charge in [0.15, 0.2) is 0 Å². The van der Waals surface area contributed by atoms with Crippen molar-refractivity contribution in [1.82, 2.24) is 15.2 Å². The fourth-order valence-electron chi connectivity index (χ4n) is 4.47. The van der Waals surface area contributed by atoms with E-state index in [1.54, 1.807) is 30.5 Å². The summed E-state index contributed by atoms with van der Waals surface area (Å²) in [5, 5.41) is 3.02. The molecule has 3 aromatic rings. The SMILES string of the molecule is Cc1cccc([C@@H](C)COC(=O)NC2CCN(Cc3ccc(Oc4ccc(NS(C)(=O)=O)cc4)nc3)CC2)c1. The number of carbonyl (C=O) groups is 1. The Kier molecular flexibility index (Phi) is 9.42. The first-order chi connectivity index (χ1) is 18.6. The molecule has 10 heteroatoms. The molecule has 208 valence electrons. The number of aryl methyl sites for hydroxylation is 1. The molecule has 1 fully saturated rings. The minimum Gasteiger partial charge on any atom is -0.449 e. The highest BCUT2D eigenvalue weighted by atomic mass is 32.2. The molecule has 0 saturated carbocycles. The van der Waals surface area contributed by atoms with E-state index in [1.165, 1.54) is 11.1 Å². The number of hydrogen-bond donors (Lipinski definition) is 2. The van der Waals surface area contributed by atoms with E-state index in [2.05, 4.69) is 52.0 Å². The van der Waals surface area contributed by atoms with Crippen molar-refractivity contribution in [2.45, 2.75) is 45.2 Å². The number of aromatic nitrogens is 1. The Morgan fingerprint density at radius 2 is 1.85 bits per heavy atom. The molecule has 0 spiro atoms. The third kappa shape index (κ3) is 9.26. The number of piperidine rings is 1. The summed E-state index contributed by atoms with van der Waals surface area (Å²) in [5.41, 5.74) is 3.91. The molecule has 2 N–H and O–H groups in total. The van der Waals surface area contributed by atoms with Gasteiger partial charge in [-0.05, 0) is 55.2 Å². The Bertz CT molecular complexity index is 1340. The summed E-state index contributed by atoms with van der Waals surface area (Å²) in [4.78, 5) is 19.1. The van der Waals surface area contributed by atoms with Crippen molar-refractivity contribution in [1.29, 1.82) is 0 Å². The molecule has 2 heterocycles. The number of ether oxygens (including phenoxy) is 2. The van der Waals surface area contributed by atoms with E-state index in [4.69, 9.17) is 9.47 Å². The highest BCUT2D eigenvalue weighted by Gasteiger charge is 2.22. The van der Waals surface area contributed by atoms with Gasteiger partial charge in [-0.2, -0.15) is 0 Å². The van der Waals surface area contributed by atoms with Gasteiger partial charge < -0.3 is 14.8 Å². The van der Waals surface area contributed by atoms with E-state index in [-0.39, 0.29) is 18.1 Å². The summed E-state index contributed by atoms with van der Waals surface area (Å²) in [6, 6.07) is 18.8. The summed E-state index contributed by atoms with van der Waals surface area (Å²) in [7, 11) is -3.32. The smallest absolute Gasteiger partial charge is 0.407 e. The number of rotatable bonds is 10. The zero-order chi connectivity index (χ0) is 27.8. The molecule has 1 saturated heterocycles. The van der Waals surface area contributed by atoms with Gasteiger partial charge in [-0.3, -0.25) is 9.62 Å². The third-order valence-corrected chi connectivity index (χ3v) is 7.18. The molecule has 1 aliphatic heterocycles. The van der Waals surface area contributed by atoms with Crippen molar-refractivity contribution in [3.63, 3.8) is 0 Å². The lowest BCUT2D eigenvalue weighted by atomic mass is 10.0. The van der Waals surface area contributed by atoms with Gasteiger partial charge in [0.2, 0.25) is 15.9 Å². The second-order valence-electron chi connectivity index (χ2n) is 10.1. The van der Waals surface area contributed by atoms with Crippen LogP contribution in [0.1, 0.15) is 42.4 Å². The number of alkyl carbamates (subject to hydrolysis) is 1. The van der Waals surface area contributed by atoms with Crippen LogP contribution in [-0.4, -0.2) is 56.4 Å². The van der Waals surface area contributed by atoms with Crippen LogP contribution in [-0.2, 0) is 21.3 Å². The van der Waals surface area contributed by atoms with Gasteiger partial charge in [-0.15, -0.1) is 0 Å². The fourth-order valence-corrected chi connectivity index (χ4v) is 5.03. The minimum atomic E-state index is -3.32. The van der Waals surface area contributed by atoms with Crippen LogP contribution in [0.3, 0.4) is 0 Å². The van der Waals surface area contributed by atoms with Crippen LogP contribution < -0.4 is 14.8 Å². The van der Waals surface area contributed by atoms with Gasteiger partial charge >= 0.3 is 6.09 Å². The van der Waals surface area contributed by atoms with Crippen LogP contribution in [0.4, 0.5) is 10.5 Å². The van der Waals surface area contributed by atoms with Crippen molar-refractivity contribution < 1.29 is 22.7 Å². The van der Waals surface area contributed by atoms with Crippen LogP contribution >= 0.6 is 0 Å². The lowest BCUT2D eigenvalue weighted by Crippen LogP contribution is -2.44. The first-order valence-corrected chi connectivity index (χ1v) is 14.9. The van der Waals surface area contributed by atoms with Crippen molar-refractivity contribution in [2.75, 3.05) is 30.7 Å². The number of amides is 1. The average Bonchev–Trinajstić information content (AvgIpc) is 2.90. The van der Waals surface area contributed by atoms with Gasteiger partial charge in [0.1, 0.15) is 5.75 Å². The van der Waals surface area contributed by atoms with Gasteiger partial charge in [-0.25, -0.2) is 18.2 Å². The number of nitrogens with one attached hydrogen (secondary N) is 2. The summed E-state index contributed by atoms with van der Waals surface area (Å²) in [6.07, 6.45) is 4.27. The van der Waals surface area contributed by atoms with Crippen molar-refractivity contribution in [3.8, 4) is 11.6 Å². The molecule has 2 aromatic carbocycles. The number of pyridine rings is 1. The van der Waals surface area contributed by atoms with E-state index in [0.717, 1.165) is 44.3 Å². The van der Waals surface area contributed by atoms with Gasteiger partial charge in [0.05, 0.1) is 12.9 Å². The van der Waals surface area contributed by atoms with E-state index in [1.807, 2.05) is 18.2 Å². The van der Waals surface area contributed by atoms with Gasteiger partial charge in [0.25, 0.3) is 0 Å². The maximum absolute atomic E-state index is 12.3. The monoisotopic (exact) mass is 552 g/mol. The molecule has 0 aliphatic carbocycles. The average molecular weight is 553 g/mol. The lowest BCUT2D eigenvalue weighted by Gasteiger charge is -2.32. The maximum Gasteiger partial charge on any atom is 0.407 e. The molecule has 1 atom stereocenters. The zero-order valence-corrected chi connectivity index (χ0v) is 23.4. The predicted octanol–water partition coefficient (Wildman–Crippen LogP) is 5.05. The summed E-state index contributed by atoms with van der Waals surface area (Å²) in [5.74, 6) is 1.17. The fraction of sp³-hybridized carbons (Fsp3) is 0.379. The molecular weight excluding hydrogens is 516 g/mol. The van der Waals surface area contributed by atoms with Crippen LogP contribution in [0, 0.1) is 6.92 Å². The Labute approximate surface area is 230 Å². The van der Waals surface area contributed by atoms with Crippen molar-refractivity contribution >= 4 is 21.8 Å². The summed E-state index contributed by atoms with van der Waals surface area (Å²) in [6.45, 7) is 6.99. The number of hydrogen-bond acceptors (Lipinski definition) is 7. The zero-order valence-electron chi connectivity index (χ0n) is 22.6. The number of sulfonamides is 1. The van der Waals surface area contributed by atoms with E-state index < -0.39 is 10.0 Å². The molecule has 1 aromatic heterocycles. The van der Waals surface area contributed by atoms with Crippen molar-refractivity contribution in [2.24, 2.45) is 0 Å². The Balaban J connectivity index is 1.16. The van der Waals surface area contributed by atoms with Crippen molar-refractivity contribution in [3.05, 3.63) is 83.6 Å². The third-order valence-electron chi connectivity index (χ3n) is 6.57. The van der Waals surface area contributed by atoms with E-state index in [9.17, 15) is 13.2 Å². The number of benzene rings is 2. The largest absolute Gasteiger partial charge is 0.449 e. The van der Waals surface area contributed by atoms with E-state index in [0.29, 0.717) is 23.9 Å². The number of anilines is 1. The molecule has 9 nitrogen and oxygen atoms in total. The number of carbonyl (C=O) groups excluding carboxylic acids is 1. The predicted molar refractivity (Wildman–Crippen MR) is 152 cm³/mol. The Morgan fingerprint density at radius 3 is 2.49 bits per heavy atom. The van der Waals surface area contributed by atoms with Gasteiger partial charge in [0, 0.05) is 49.5 Å². The Hall–Kier alpha value is -3.63. The van der Waals surface area contributed by atoms with Crippen LogP contribution in [0.25, 0.3) is 0 Å². The molecule has 0 unspecified atom stereocenters. The minimum absolute atomic E-state index is 0.107. The number of nitrogens with zero attached hydrogens (tertiary/aromatic N) is 2. The second kappa shape index (κ2) is 12.9. The maximum atomic E-state index is 12.3. The molecule has 1 aliphatic rings. The standard InChI is InChI=1S/C29H36N4O5S/c1-21-5-4-6-24(17-21)22(2)20-37-29(34)31-25-13-15-33(16-14-25)19-23-7-12-28(30-18-23)38-27-10-8-26(9-11-27)32-39(3,35)36/h4-12,17-18,22,25,32H,13-16,19-20H2,1-3H3,(H,31,34)/t22-/m0/s1. The summed E-state index contributed by atoms with van der Waals surface area (Å²) >= 11 is 0. The molecule has 0 bridgehead atoms. The van der Waals surface area contributed by atoms with Crippen LogP contribution in [0.2, 0.25) is 0 Å². The molecule has 4 rings (SSSR count). The molecule has 39 heavy (non-hydrogen) atoms. The Morgan fingerprint density at radius 1 is 1.10 bits per heavy atom. The van der Waals surface area contributed by atoms with E-state index >= 15 is 0 Å².